The molecule has 2 unspecified atom stereocenters. The first-order valence-electron chi connectivity index (χ1n) is 11.1. The van der Waals surface area contributed by atoms with Crippen molar-refractivity contribution in [2.75, 3.05) is 6.61 Å². The zero-order chi connectivity index (χ0) is 25.4. The standard InChI is InChI=1S/C25H25F3N2O4S/c1-14(2)24(25(26,27)28)21(35-23(29-24)16-7-5-4-6-8-16)10-9-18-17-11-15(3)19(33-13-22(31)32)12-20(17)34-30-18/h4-8,11-12,14,21H,9-10,13H2,1-3H3,(H,31,32). The van der Waals surface area contributed by atoms with E-state index in [0.29, 0.717) is 38.6 Å². The van der Waals surface area contributed by atoms with Gasteiger partial charge < -0.3 is 14.4 Å². The fourth-order valence-corrected chi connectivity index (χ4v) is 6.04. The third kappa shape index (κ3) is 4.76. The van der Waals surface area contributed by atoms with Gasteiger partial charge in [0.1, 0.15) is 5.75 Å². The van der Waals surface area contributed by atoms with Crippen molar-refractivity contribution < 1.29 is 32.3 Å². The molecule has 35 heavy (non-hydrogen) atoms. The zero-order valence-corrected chi connectivity index (χ0v) is 20.2. The number of benzene rings is 2. The summed E-state index contributed by atoms with van der Waals surface area (Å²) in [4.78, 5) is 15.1. The minimum atomic E-state index is -4.52. The summed E-state index contributed by atoms with van der Waals surface area (Å²) in [6, 6.07) is 12.2. The summed E-state index contributed by atoms with van der Waals surface area (Å²) < 4.78 is 54.3. The van der Waals surface area contributed by atoms with Crippen molar-refractivity contribution >= 4 is 33.7 Å². The Hall–Kier alpha value is -3.01. The Morgan fingerprint density at radius 2 is 1.97 bits per heavy atom. The van der Waals surface area contributed by atoms with Crippen LogP contribution in [0.25, 0.3) is 11.0 Å². The van der Waals surface area contributed by atoms with Crippen molar-refractivity contribution in [2.24, 2.45) is 10.9 Å². The van der Waals surface area contributed by atoms with Gasteiger partial charge in [-0.3, -0.25) is 4.99 Å². The highest BCUT2D eigenvalue weighted by Gasteiger charge is 2.64. The first-order valence-corrected chi connectivity index (χ1v) is 12.0. The number of halogens is 3. The number of aryl methyl sites for hydroxylation is 2. The van der Waals surface area contributed by atoms with Crippen molar-refractivity contribution in [3.8, 4) is 5.75 Å². The van der Waals surface area contributed by atoms with Crippen LogP contribution < -0.4 is 4.74 Å². The number of aliphatic carboxylic acids is 1. The van der Waals surface area contributed by atoms with Crippen LogP contribution in [0.4, 0.5) is 13.2 Å². The van der Waals surface area contributed by atoms with E-state index in [1.807, 2.05) is 6.07 Å². The lowest BCUT2D eigenvalue weighted by atomic mass is 9.80. The van der Waals surface area contributed by atoms with Crippen molar-refractivity contribution in [2.45, 2.75) is 50.6 Å². The molecule has 0 radical (unpaired) electrons. The van der Waals surface area contributed by atoms with Gasteiger partial charge in [-0.15, -0.1) is 0 Å². The summed E-state index contributed by atoms with van der Waals surface area (Å²) in [5.41, 5.74) is 0.0696. The molecule has 186 valence electrons. The van der Waals surface area contributed by atoms with Gasteiger partial charge in [-0.25, -0.2) is 4.79 Å². The van der Waals surface area contributed by atoms with Crippen LogP contribution in [0.3, 0.4) is 0 Å². The van der Waals surface area contributed by atoms with Gasteiger partial charge in [0.05, 0.1) is 10.7 Å². The first kappa shape index (κ1) is 25.1. The molecule has 10 heteroatoms. The number of rotatable bonds is 8. The molecule has 1 aliphatic rings. The Morgan fingerprint density at radius 3 is 2.60 bits per heavy atom. The van der Waals surface area contributed by atoms with Crippen LogP contribution in [0.1, 0.15) is 37.1 Å². The number of ether oxygens (including phenoxy) is 1. The Balaban J connectivity index is 1.62. The summed E-state index contributed by atoms with van der Waals surface area (Å²) in [6.07, 6.45) is -4.06. The summed E-state index contributed by atoms with van der Waals surface area (Å²) >= 11 is 1.16. The van der Waals surface area contributed by atoms with Crippen LogP contribution in [-0.2, 0) is 11.2 Å². The second-order valence-electron chi connectivity index (χ2n) is 8.83. The summed E-state index contributed by atoms with van der Waals surface area (Å²) in [5, 5.41) is 13.2. The van der Waals surface area contributed by atoms with Crippen LogP contribution in [0, 0.1) is 12.8 Å². The molecular weight excluding hydrogens is 481 g/mol. The van der Waals surface area contributed by atoms with Crippen molar-refractivity contribution in [3.63, 3.8) is 0 Å². The number of alkyl halides is 3. The molecule has 0 saturated carbocycles. The smallest absolute Gasteiger partial charge is 0.414 e. The van der Waals surface area contributed by atoms with Crippen LogP contribution in [0.5, 0.6) is 5.75 Å². The average Bonchev–Trinajstić information content (AvgIpc) is 3.38. The van der Waals surface area contributed by atoms with E-state index in [0.717, 1.165) is 11.8 Å². The molecular formula is C25H25F3N2O4S. The predicted molar refractivity (Wildman–Crippen MR) is 128 cm³/mol. The zero-order valence-electron chi connectivity index (χ0n) is 19.4. The second-order valence-corrected chi connectivity index (χ2v) is 10.0. The number of thioether (sulfide) groups is 1. The molecule has 0 bridgehead atoms. The maximum atomic E-state index is 14.5. The van der Waals surface area contributed by atoms with Crippen LogP contribution in [0.15, 0.2) is 52.0 Å². The van der Waals surface area contributed by atoms with Gasteiger partial charge in [0.15, 0.2) is 17.7 Å². The normalized spacial score (nSPS) is 20.4. The molecule has 0 amide bonds. The van der Waals surface area contributed by atoms with Gasteiger partial charge in [-0.1, -0.05) is 61.1 Å². The molecule has 4 rings (SSSR count). The van der Waals surface area contributed by atoms with E-state index in [9.17, 15) is 18.0 Å². The third-order valence-corrected chi connectivity index (χ3v) is 7.65. The molecule has 3 aromatic rings. The number of aromatic nitrogens is 1. The van der Waals surface area contributed by atoms with Gasteiger partial charge in [0.25, 0.3) is 0 Å². The average molecular weight is 507 g/mol. The van der Waals surface area contributed by atoms with Gasteiger partial charge in [0.2, 0.25) is 0 Å². The summed E-state index contributed by atoms with van der Waals surface area (Å²) in [7, 11) is 0. The Labute approximate surface area is 204 Å². The molecule has 1 aliphatic heterocycles. The molecule has 0 aliphatic carbocycles. The fraction of sp³-hybridized carbons (Fsp3) is 0.400. The molecule has 0 spiro atoms. The Morgan fingerprint density at radius 1 is 1.26 bits per heavy atom. The highest BCUT2D eigenvalue weighted by Crippen LogP contribution is 2.53. The van der Waals surface area contributed by atoms with Crippen molar-refractivity contribution in [3.05, 3.63) is 59.3 Å². The molecule has 0 saturated heterocycles. The minimum Gasteiger partial charge on any atom is -0.481 e. The molecule has 1 N–H and O–H groups in total. The second kappa shape index (κ2) is 9.56. The monoisotopic (exact) mass is 506 g/mol. The Kier molecular flexibility index (Phi) is 6.86. The Bertz CT molecular complexity index is 1260. The minimum absolute atomic E-state index is 0.195. The summed E-state index contributed by atoms with van der Waals surface area (Å²) in [5.74, 6) is -1.51. The van der Waals surface area contributed by atoms with Crippen molar-refractivity contribution in [1.82, 2.24) is 5.16 Å². The van der Waals surface area contributed by atoms with E-state index in [1.54, 1.807) is 57.2 Å². The predicted octanol–water partition coefficient (Wildman–Crippen LogP) is 6.05. The van der Waals surface area contributed by atoms with Crippen LogP contribution in [-0.4, -0.2) is 44.8 Å². The van der Waals surface area contributed by atoms with E-state index in [1.165, 1.54) is 0 Å². The molecule has 6 nitrogen and oxygen atoms in total. The van der Waals surface area contributed by atoms with Crippen LogP contribution >= 0.6 is 11.8 Å². The third-order valence-electron chi connectivity index (χ3n) is 6.22. The number of hydrogen-bond acceptors (Lipinski definition) is 6. The fourth-order valence-electron chi connectivity index (χ4n) is 4.42. The number of carboxylic acids is 1. The number of nitrogens with zero attached hydrogens (tertiary/aromatic N) is 2. The first-order chi connectivity index (χ1) is 16.5. The van der Waals surface area contributed by atoms with E-state index in [4.69, 9.17) is 14.4 Å². The lowest BCUT2D eigenvalue weighted by molar-refractivity contribution is -0.196. The van der Waals surface area contributed by atoms with Gasteiger partial charge in [-0.05, 0) is 37.3 Å². The van der Waals surface area contributed by atoms with Crippen molar-refractivity contribution in [1.29, 1.82) is 0 Å². The number of hydrogen-bond donors (Lipinski definition) is 1. The van der Waals surface area contributed by atoms with Gasteiger partial charge in [0, 0.05) is 22.3 Å². The summed E-state index contributed by atoms with van der Waals surface area (Å²) in [6.45, 7) is 4.39. The lowest BCUT2D eigenvalue weighted by Crippen LogP contribution is -2.53. The topological polar surface area (TPSA) is 84.9 Å². The maximum absolute atomic E-state index is 14.5. The number of carboxylic acid groups (broad SMARTS) is 1. The molecule has 1 aromatic heterocycles. The highest BCUT2D eigenvalue weighted by molar-refractivity contribution is 8.15. The van der Waals surface area contributed by atoms with E-state index < -0.39 is 35.5 Å². The lowest BCUT2D eigenvalue weighted by Gasteiger charge is -2.37. The SMILES string of the molecule is Cc1cc2c(CCC3SC(c4ccccc4)=NC3(C(C)C)C(F)(F)F)noc2cc1OCC(=O)O. The van der Waals surface area contributed by atoms with E-state index in [-0.39, 0.29) is 12.8 Å². The van der Waals surface area contributed by atoms with Crippen LogP contribution in [0.2, 0.25) is 0 Å². The number of carbonyl (C=O) groups is 1. The van der Waals surface area contributed by atoms with E-state index in [2.05, 4.69) is 10.1 Å². The molecule has 2 atom stereocenters. The quantitative estimate of drug-likeness (QED) is 0.400. The maximum Gasteiger partial charge on any atom is 0.414 e. The molecule has 2 heterocycles. The number of aliphatic imine (C=N–C) groups is 1. The van der Waals surface area contributed by atoms with E-state index >= 15 is 0 Å². The number of fused-ring (bicyclic) bond motifs is 1. The molecule has 0 fully saturated rings. The largest absolute Gasteiger partial charge is 0.481 e. The molecule has 2 aromatic carbocycles. The highest BCUT2D eigenvalue weighted by atomic mass is 32.2. The van der Waals surface area contributed by atoms with Gasteiger partial charge >= 0.3 is 12.1 Å². The van der Waals surface area contributed by atoms with Gasteiger partial charge in [-0.2, -0.15) is 13.2 Å².